The van der Waals surface area contributed by atoms with Crippen LogP contribution in [0.1, 0.15) is 12.5 Å². The SMILES string of the molecule is CCOC(=O)N[C@H](CO)C(=O)NCc1ccccc1. The predicted octanol–water partition coefficient (Wildman–Crippen LogP) is 0.410. The summed E-state index contributed by atoms with van der Waals surface area (Å²) in [6, 6.07) is 8.33. The molecule has 1 atom stereocenters. The zero-order chi connectivity index (χ0) is 14.1. The van der Waals surface area contributed by atoms with Crippen molar-refractivity contribution in [3.8, 4) is 0 Å². The van der Waals surface area contributed by atoms with Gasteiger partial charge in [-0.15, -0.1) is 0 Å². The topological polar surface area (TPSA) is 87.7 Å². The van der Waals surface area contributed by atoms with Gasteiger partial charge in [-0.2, -0.15) is 0 Å². The van der Waals surface area contributed by atoms with Gasteiger partial charge in [0.2, 0.25) is 5.91 Å². The van der Waals surface area contributed by atoms with Gasteiger partial charge in [0.05, 0.1) is 13.2 Å². The van der Waals surface area contributed by atoms with Crippen molar-refractivity contribution in [1.29, 1.82) is 0 Å². The fraction of sp³-hybridized carbons (Fsp3) is 0.385. The maximum atomic E-state index is 11.7. The number of alkyl carbamates (subject to hydrolysis) is 1. The van der Waals surface area contributed by atoms with E-state index in [9.17, 15) is 9.59 Å². The van der Waals surface area contributed by atoms with Gasteiger partial charge < -0.3 is 20.5 Å². The quantitative estimate of drug-likeness (QED) is 0.696. The maximum Gasteiger partial charge on any atom is 0.407 e. The van der Waals surface area contributed by atoms with E-state index in [1.807, 2.05) is 30.3 Å². The van der Waals surface area contributed by atoms with Crippen LogP contribution in [0.25, 0.3) is 0 Å². The van der Waals surface area contributed by atoms with Gasteiger partial charge in [0.25, 0.3) is 0 Å². The minimum atomic E-state index is -1.01. The number of carbonyl (C=O) groups excluding carboxylic acids is 2. The van der Waals surface area contributed by atoms with Crippen LogP contribution < -0.4 is 10.6 Å². The van der Waals surface area contributed by atoms with Gasteiger partial charge in [-0.1, -0.05) is 30.3 Å². The van der Waals surface area contributed by atoms with Crippen LogP contribution >= 0.6 is 0 Å². The molecular weight excluding hydrogens is 248 g/mol. The fourth-order valence-corrected chi connectivity index (χ4v) is 1.42. The third-order valence-corrected chi connectivity index (χ3v) is 2.38. The first-order chi connectivity index (χ1) is 9.17. The van der Waals surface area contributed by atoms with Crippen LogP contribution in [0.2, 0.25) is 0 Å². The number of aliphatic hydroxyl groups excluding tert-OH is 1. The molecular formula is C13H18N2O4. The van der Waals surface area contributed by atoms with Crippen LogP contribution in [0.5, 0.6) is 0 Å². The maximum absolute atomic E-state index is 11.7. The second-order valence-corrected chi connectivity index (χ2v) is 3.80. The third-order valence-electron chi connectivity index (χ3n) is 2.38. The molecule has 1 rings (SSSR count). The molecule has 0 radical (unpaired) electrons. The second kappa shape index (κ2) is 8.10. The highest BCUT2D eigenvalue weighted by Gasteiger charge is 2.19. The van der Waals surface area contributed by atoms with E-state index in [1.165, 1.54) is 0 Å². The summed E-state index contributed by atoms with van der Waals surface area (Å²) >= 11 is 0. The van der Waals surface area contributed by atoms with Crippen LogP contribution in [0.4, 0.5) is 4.79 Å². The number of carbonyl (C=O) groups is 2. The van der Waals surface area contributed by atoms with Crippen LogP contribution in [0.15, 0.2) is 30.3 Å². The molecule has 0 aromatic heterocycles. The smallest absolute Gasteiger partial charge is 0.407 e. The average Bonchev–Trinajstić information content (AvgIpc) is 2.43. The molecule has 3 N–H and O–H groups in total. The zero-order valence-electron chi connectivity index (χ0n) is 10.8. The summed E-state index contributed by atoms with van der Waals surface area (Å²) in [6.07, 6.45) is -0.726. The number of amides is 2. The van der Waals surface area contributed by atoms with Crippen molar-refractivity contribution in [3.63, 3.8) is 0 Å². The Balaban J connectivity index is 2.43. The lowest BCUT2D eigenvalue weighted by atomic mass is 10.2. The molecule has 1 aromatic rings. The summed E-state index contributed by atoms with van der Waals surface area (Å²) in [5.74, 6) is -0.459. The molecule has 6 heteroatoms. The number of hydrogen-bond acceptors (Lipinski definition) is 4. The fourth-order valence-electron chi connectivity index (χ4n) is 1.42. The summed E-state index contributed by atoms with van der Waals surface area (Å²) in [7, 11) is 0. The first-order valence-corrected chi connectivity index (χ1v) is 6.03. The molecule has 6 nitrogen and oxygen atoms in total. The Morgan fingerprint density at radius 1 is 1.32 bits per heavy atom. The largest absolute Gasteiger partial charge is 0.450 e. The van der Waals surface area contributed by atoms with Gasteiger partial charge >= 0.3 is 6.09 Å². The molecule has 0 bridgehead atoms. The van der Waals surface area contributed by atoms with Crippen LogP contribution in [0.3, 0.4) is 0 Å². The van der Waals surface area contributed by atoms with E-state index >= 15 is 0 Å². The van der Waals surface area contributed by atoms with Gasteiger partial charge in [0.15, 0.2) is 0 Å². The van der Waals surface area contributed by atoms with Gasteiger partial charge in [0.1, 0.15) is 6.04 Å². The standard InChI is InChI=1S/C13H18N2O4/c1-2-19-13(18)15-11(9-16)12(17)14-8-10-6-4-3-5-7-10/h3-7,11,16H,2,8-9H2,1H3,(H,14,17)(H,15,18)/t11-/m1/s1. The number of aliphatic hydroxyl groups is 1. The molecule has 19 heavy (non-hydrogen) atoms. The Morgan fingerprint density at radius 2 is 2.00 bits per heavy atom. The van der Waals surface area contributed by atoms with E-state index in [-0.39, 0.29) is 6.61 Å². The highest BCUT2D eigenvalue weighted by atomic mass is 16.5. The summed E-state index contributed by atoms with van der Waals surface area (Å²) in [6.45, 7) is 1.71. The Morgan fingerprint density at radius 3 is 2.58 bits per heavy atom. The van der Waals surface area contributed by atoms with Crippen molar-refractivity contribution < 1.29 is 19.4 Å². The molecule has 104 valence electrons. The zero-order valence-corrected chi connectivity index (χ0v) is 10.8. The van der Waals surface area contributed by atoms with Crippen LogP contribution in [-0.2, 0) is 16.1 Å². The first-order valence-electron chi connectivity index (χ1n) is 6.03. The number of benzene rings is 1. The second-order valence-electron chi connectivity index (χ2n) is 3.80. The number of nitrogens with one attached hydrogen (secondary N) is 2. The predicted molar refractivity (Wildman–Crippen MR) is 69.3 cm³/mol. The highest BCUT2D eigenvalue weighted by Crippen LogP contribution is 1.97. The summed E-state index contributed by atoms with van der Waals surface area (Å²) in [5.41, 5.74) is 0.934. The molecule has 0 aliphatic rings. The van der Waals surface area contributed by atoms with Crippen LogP contribution in [-0.4, -0.2) is 36.4 Å². The van der Waals surface area contributed by atoms with E-state index in [2.05, 4.69) is 15.4 Å². The summed E-state index contributed by atoms with van der Waals surface area (Å²) in [5, 5.41) is 14.0. The minimum Gasteiger partial charge on any atom is -0.450 e. The molecule has 0 heterocycles. The third kappa shape index (κ3) is 5.39. The molecule has 0 unspecified atom stereocenters. The molecule has 0 aliphatic carbocycles. The normalized spacial score (nSPS) is 11.5. The van der Waals surface area contributed by atoms with Gasteiger partial charge in [-0.05, 0) is 12.5 Å². The molecule has 0 aliphatic heterocycles. The average molecular weight is 266 g/mol. The minimum absolute atomic E-state index is 0.204. The van der Waals surface area contributed by atoms with E-state index in [1.54, 1.807) is 6.92 Å². The molecule has 0 saturated heterocycles. The van der Waals surface area contributed by atoms with Gasteiger partial charge in [-0.25, -0.2) is 4.79 Å². The van der Waals surface area contributed by atoms with Gasteiger partial charge in [0, 0.05) is 6.54 Å². The number of rotatable bonds is 6. The highest BCUT2D eigenvalue weighted by molar-refractivity contribution is 5.85. The van der Waals surface area contributed by atoms with Crippen molar-refractivity contribution >= 4 is 12.0 Å². The Kier molecular flexibility index (Phi) is 6.38. The van der Waals surface area contributed by atoms with E-state index < -0.39 is 24.6 Å². The van der Waals surface area contributed by atoms with E-state index in [0.717, 1.165) is 5.56 Å². The Hall–Kier alpha value is -2.08. The van der Waals surface area contributed by atoms with Crippen molar-refractivity contribution in [3.05, 3.63) is 35.9 Å². The lowest BCUT2D eigenvalue weighted by Gasteiger charge is -2.15. The molecule has 0 spiro atoms. The monoisotopic (exact) mass is 266 g/mol. The lowest BCUT2D eigenvalue weighted by Crippen LogP contribution is -2.48. The molecule has 0 fully saturated rings. The van der Waals surface area contributed by atoms with Crippen molar-refractivity contribution in [2.24, 2.45) is 0 Å². The molecule has 0 saturated carbocycles. The van der Waals surface area contributed by atoms with Gasteiger partial charge in [-0.3, -0.25) is 4.79 Å². The summed E-state index contributed by atoms with van der Waals surface area (Å²) < 4.78 is 4.65. The Labute approximate surface area is 111 Å². The van der Waals surface area contributed by atoms with E-state index in [4.69, 9.17) is 5.11 Å². The number of ether oxygens (including phenoxy) is 1. The molecule has 1 aromatic carbocycles. The first kappa shape index (κ1) is 15.0. The van der Waals surface area contributed by atoms with Crippen molar-refractivity contribution in [1.82, 2.24) is 10.6 Å². The van der Waals surface area contributed by atoms with E-state index in [0.29, 0.717) is 6.54 Å². The number of hydrogen-bond donors (Lipinski definition) is 3. The Bertz CT molecular complexity index is 408. The van der Waals surface area contributed by atoms with Crippen LogP contribution in [0, 0.1) is 0 Å². The van der Waals surface area contributed by atoms with Crippen molar-refractivity contribution in [2.75, 3.05) is 13.2 Å². The summed E-state index contributed by atoms with van der Waals surface area (Å²) in [4.78, 5) is 22.9. The lowest BCUT2D eigenvalue weighted by molar-refractivity contribution is -0.124. The molecule has 2 amide bonds. The van der Waals surface area contributed by atoms with Crippen molar-refractivity contribution in [2.45, 2.75) is 19.5 Å².